The predicted octanol–water partition coefficient (Wildman–Crippen LogP) is 16.9. The number of unbranched alkanes of at least 4 members (excludes halogenated alkanes) is 33. The zero-order valence-corrected chi connectivity index (χ0v) is 42.5. The minimum atomic E-state index is -4.28. The smallest absolute Gasteiger partial charge is 0.457 e. The van der Waals surface area contributed by atoms with Crippen LogP contribution < -0.4 is 5.73 Å². The molecule has 0 bridgehead atoms. The Hall–Kier alpha value is -1.28. The second-order valence-electron chi connectivity index (χ2n) is 18.1. The van der Waals surface area contributed by atoms with Crippen molar-refractivity contribution in [3.8, 4) is 0 Å². The summed E-state index contributed by atoms with van der Waals surface area (Å²) in [5.41, 5.74) is 5.39. The van der Waals surface area contributed by atoms with Gasteiger partial charge in [-0.15, -0.1) is 0 Å². The number of hydrogen-bond acceptors (Lipinski definition) is 7. The monoisotopic (exact) mass is 910 g/mol. The lowest BCUT2D eigenvalue weighted by atomic mass is 10.0. The van der Waals surface area contributed by atoms with Gasteiger partial charge in [0.15, 0.2) is 0 Å². The third kappa shape index (κ3) is 51.6. The van der Waals surface area contributed by atoms with Gasteiger partial charge in [-0.1, -0.05) is 224 Å². The van der Waals surface area contributed by atoms with Gasteiger partial charge in [0.2, 0.25) is 0 Å². The van der Waals surface area contributed by atoms with E-state index < -0.39 is 13.9 Å². The van der Waals surface area contributed by atoms with Gasteiger partial charge < -0.3 is 20.1 Å². The largest absolute Gasteiger partial charge is 0.472 e. The van der Waals surface area contributed by atoms with E-state index >= 15 is 0 Å². The fourth-order valence-electron chi connectivity index (χ4n) is 7.79. The zero-order valence-electron chi connectivity index (χ0n) is 41.6. The fraction of sp³-hybridized carbons (Fsp3) is 0.870. The SMILES string of the molecule is CCCCCCC/C=C\C/C=C\CCCCCCCCCCCCCCCCOCC(COP(=O)(O)OCCN)OC(=O)CCCCCCCCC/C=C\CCCCCCCCC. The number of phosphoric ester groups is 1. The first-order valence-electron chi connectivity index (χ1n) is 27.0. The van der Waals surface area contributed by atoms with Crippen molar-refractivity contribution >= 4 is 13.8 Å². The summed E-state index contributed by atoms with van der Waals surface area (Å²) in [6.07, 6.45) is 61.9. The molecule has 9 heteroatoms. The molecule has 0 aliphatic carbocycles. The molecule has 63 heavy (non-hydrogen) atoms. The summed E-state index contributed by atoms with van der Waals surface area (Å²) in [6.45, 7) is 4.95. The van der Waals surface area contributed by atoms with Crippen LogP contribution in [-0.2, 0) is 27.9 Å². The van der Waals surface area contributed by atoms with Crippen LogP contribution in [0.1, 0.15) is 264 Å². The maximum Gasteiger partial charge on any atom is 0.472 e. The standard InChI is InChI=1S/C54H104NO7P/c1-3-5-7-9-11-13-15-17-19-21-23-24-25-26-27-28-29-30-32-34-36-38-40-42-44-46-49-59-51-53(52-61-63(57,58)60-50-48-55)62-54(56)47-45-43-41-39-37-35-33-31-22-20-18-16-14-12-10-8-6-4-2/h15,17,20-23,53H,3-14,16,18-19,24-52,55H2,1-2H3,(H,57,58)/b17-15-,22-20-,23-21-. The van der Waals surface area contributed by atoms with Gasteiger partial charge in [0, 0.05) is 19.6 Å². The molecule has 0 rings (SSSR count). The number of carbonyl (C=O) groups excluding carboxylic acids is 1. The van der Waals surface area contributed by atoms with Crippen molar-refractivity contribution in [1.29, 1.82) is 0 Å². The van der Waals surface area contributed by atoms with E-state index in [0.717, 1.165) is 38.5 Å². The van der Waals surface area contributed by atoms with Gasteiger partial charge in [-0.3, -0.25) is 13.8 Å². The molecule has 372 valence electrons. The number of rotatable bonds is 52. The van der Waals surface area contributed by atoms with Crippen LogP contribution in [0, 0.1) is 0 Å². The Morgan fingerprint density at radius 3 is 1.25 bits per heavy atom. The van der Waals surface area contributed by atoms with Crippen LogP contribution in [0.4, 0.5) is 0 Å². The first kappa shape index (κ1) is 61.7. The first-order valence-corrected chi connectivity index (χ1v) is 28.5. The van der Waals surface area contributed by atoms with Crippen molar-refractivity contribution in [2.45, 2.75) is 270 Å². The highest BCUT2D eigenvalue weighted by atomic mass is 31.2. The van der Waals surface area contributed by atoms with Gasteiger partial charge in [0.1, 0.15) is 6.10 Å². The number of phosphoric acid groups is 1. The van der Waals surface area contributed by atoms with Gasteiger partial charge in [-0.05, 0) is 70.6 Å². The number of nitrogens with two attached hydrogens (primary N) is 1. The highest BCUT2D eigenvalue weighted by Gasteiger charge is 2.25. The van der Waals surface area contributed by atoms with Crippen LogP contribution in [0.3, 0.4) is 0 Å². The van der Waals surface area contributed by atoms with Crippen LogP contribution >= 0.6 is 7.82 Å². The van der Waals surface area contributed by atoms with Crippen molar-refractivity contribution in [3.05, 3.63) is 36.5 Å². The number of allylic oxidation sites excluding steroid dienone is 6. The Kier molecular flexibility index (Phi) is 50.7. The Bertz CT molecular complexity index is 1070. The molecule has 0 aliphatic heterocycles. The Morgan fingerprint density at radius 2 is 0.841 bits per heavy atom. The van der Waals surface area contributed by atoms with E-state index in [4.69, 9.17) is 24.3 Å². The summed E-state index contributed by atoms with van der Waals surface area (Å²) in [6, 6.07) is 0. The maximum atomic E-state index is 12.7. The van der Waals surface area contributed by atoms with E-state index in [1.54, 1.807) is 0 Å². The highest BCUT2D eigenvalue weighted by Crippen LogP contribution is 2.43. The number of carbonyl (C=O) groups is 1. The van der Waals surface area contributed by atoms with Crippen molar-refractivity contribution < 1.29 is 32.8 Å². The van der Waals surface area contributed by atoms with E-state index in [1.165, 1.54) is 205 Å². The minimum Gasteiger partial charge on any atom is -0.457 e. The highest BCUT2D eigenvalue weighted by molar-refractivity contribution is 7.47. The van der Waals surface area contributed by atoms with Gasteiger partial charge in [0.25, 0.3) is 0 Å². The van der Waals surface area contributed by atoms with Gasteiger partial charge in [-0.25, -0.2) is 4.57 Å². The Balaban J connectivity index is 3.88. The minimum absolute atomic E-state index is 0.0953. The second-order valence-corrected chi connectivity index (χ2v) is 19.5. The maximum absolute atomic E-state index is 12.7. The molecule has 0 saturated heterocycles. The summed E-state index contributed by atoms with van der Waals surface area (Å²) in [7, 11) is -4.28. The molecular weight excluding hydrogens is 806 g/mol. The molecule has 8 nitrogen and oxygen atoms in total. The third-order valence-corrected chi connectivity index (χ3v) is 12.8. The fourth-order valence-corrected chi connectivity index (χ4v) is 8.55. The molecule has 2 atom stereocenters. The lowest BCUT2D eigenvalue weighted by molar-refractivity contribution is -0.154. The lowest BCUT2D eigenvalue weighted by Crippen LogP contribution is -2.28. The molecule has 0 heterocycles. The van der Waals surface area contributed by atoms with E-state index in [1.807, 2.05) is 0 Å². The van der Waals surface area contributed by atoms with Crippen LogP contribution in [0.15, 0.2) is 36.5 Å². The van der Waals surface area contributed by atoms with Gasteiger partial charge in [0.05, 0.1) is 19.8 Å². The number of esters is 1. The summed E-state index contributed by atoms with van der Waals surface area (Å²) in [4.78, 5) is 22.6. The summed E-state index contributed by atoms with van der Waals surface area (Å²) in [5, 5.41) is 0. The molecule has 0 fully saturated rings. The molecule has 0 spiro atoms. The molecule has 0 saturated carbocycles. The molecule has 2 unspecified atom stereocenters. The van der Waals surface area contributed by atoms with Crippen LogP contribution in [0.5, 0.6) is 0 Å². The molecule has 0 amide bonds. The Morgan fingerprint density at radius 1 is 0.476 bits per heavy atom. The molecule has 3 N–H and O–H groups in total. The summed E-state index contributed by atoms with van der Waals surface area (Å²) in [5.74, 6) is -0.331. The van der Waals surface area contributed by atoms with Crippen LogP contribution in [0.2, 0.25) is 0 Å². The topological polar surface area (TPSA) is 117 Å². The van der Waals surface area contributed by atoms with E-state index in [0.29, 0.717) is 13.0 Å². The number of ether oxygens (including phenoxy) is 2. The second kappa shape index (κ2) is 51.7. The quantitative estimate of drug-likeness (QED) is 0.0268. The molecule has 0 radical (unpaired) electrons. The molecule has 0 aromatic rings. The predicted molar refractivity (Wildman–Crippen MR) is 270 cm³/mol. The van der Waals surface area contributed by atoms with Crippen molar-refractivity contribution in [2.24, 2.45) is 5.73 Å². The van der Waals surface area contributed by atoms with E-state index in [9.17, 15) is 14.3 Å². The van der Waals surface area contributed by atoms with E-state index in [-0.39, 0.29) is 32.3 Å². The molecular formula is C54H104NO7P. The van der Waals surface area contributed by atoms with E-state index in [2.05, 4.69) is 50.3 Å². The average molecular weight is 910 g/mol. The average Bonchev–Trinajstić information content (AvgIpc) is 3.28. The van der Waals surface area contributed by atoms with Crippen molar-refractivity contribution in [3.63, 3.8) is 0 Å². The normalized spacial score (nSPS) is 13.5. The van der Waals surface area contributed by atoms with Gasteiger partial charge in [-0.2, -0.15) is 0 Å². The third-order valence-electron chi connectivity index (χ3n) is 11.8. The number of hydrogen-bond donors (Lipinski definition) is 2. The first-order chi connectivity index (χ1) is 30.9. The van der Waals surface area contributed by atoms with Crippen molar-refractivity contribution in [1.82, 2.24) is 0 Å². The summed E-state index contributed by atoms with van der Waals surface area (Å²) < 4.78 is 33.6. The molecule has 0 aliphatic rings. The lowest BCUT2D eigenvalue weighted by Gasteiger charge is -2.20. The zero-order chi connectivity index (χ0) is 45.8. The molecule has 0 aromatic carbocycles. The van der Waals surface area contributed by atoms with Crippen LogP contribution in [-0.4, -0.2) is 49.9 Å². The van der Waals surface area contributed by atoms with Gasteiger partial charge >= 0.3 is 13.8 Å². The Labute approximate surface area is 390 Å². The van der Waals surface area contributed by atoms with Crippen molar-refractivity contribution in [2.75, 3.05) is 33.0 Å². The summed E-state index contributed by atoms with van der Waals surface area (Å²) >= 11 is 0. The molecule has 0 aromatic heterocycles. The van der Waals surface area contributed by atoms with Crippen LogP contribution in [0.25, 0.3) is 0 Å².